The molecule has 1 aliphatic rings. The van der Waals surface area contributed by atoms with Gasteiger partial charge < -0.3 is 15.1 Å². The molecule has 2 heterocycles. The maximum Gasteiger partial charge on any atom is 0.287 e. The summed E-state index contributed by atoms with van der Waals surface area (Å²) in [6.45, 7) is 1.49. The monoisotopic (exact) mass is 593 g/mol. The average Bonchev–Trinajstić information content (AvgIpc) is 2.96. The number of unbranched alkanes of at least 4 members (excludes halogenated alkanes) is 7. The number of benzene rings is 2. The van der Waals surface area contributed by atoms with Gasteiger partial charge in [-0.25, -0.2) is 0 Å². The largest absolute Gasteiger partial charge is 0.451 e. The van der Waals surface area contributed by atoms with Gasteiger partial charge in [0.1, 0.15) is 5.58 Å². The lowest BCUT2D eigenvalue weighted by molar-refractivity contribution is 0.0925. The van der Waals surface area contributed by atoms with Gasteiger partial charge in [-0.1, -0.05) is 73.9 Å². The number of nitrogens with zero attached hydrogens (tertiary/aromatic N) is 1. The molecule has 0 unspecified atom stereocenters. The van der Waals surface area contributed by atoms with Gasteiger partial charge >= 0.3 is 0 Å². The number of fused-ring (bicyclic) bond motifs is 3. The van der Waals surface area contributed by atoms with Gasteiger partial charge in [-0.3, -0.25) is 14.6 Å². The minimum atomic E-state index is -0.340. The van der Waals surface area contributed by atoms with Crippen molar-refractivity contribution in [1.29, 1.82) is 0 Å². The Morgan fingerprint density at radius 1 is 0.878 bits per heavy atom. The molecule has 0 aliphatic heterocycles. The van der Waals surface area contributed by atoms with Gasteiger partial charge in [-0.2, -0.15) is 0 Å². The number of hydrogen-bond acceptors (Lipinski definition) is 5. The van der Waals surface area contributed by atoms with E-state index in [2.05, 4.69) is 10.6 Å². The summed E-state index contributed by atoms with van der Waals surface area (Å²) in [5.74, 6) is -0.277. The topological polar surface area (TPSA) is 84.2 Å². The van der Waals surface area contributed by atoms with E-state index in [1.54, 1.807) is 24.3 Å². The number of hydrogen-bond donors (Lipinski definition) is 2. The second-order valence-electron chi connectivity index (χ2n) is 10.9. The summed E-state index contributed by atoms with van der Waals surface area (Å²) < 4.78 is 5.60. The zero-order chi connectivity index (χ0) is 28.6. The quantitative estimate of drug-likeness (QED) is 0.152. The normalized spacial score (nSPS) is 12.9. The lowest BCUT2D eigenvalue weighted by Gasteiger charge is -2.22. The van der Waals surface area contributed by atoms with Crippen molar-refractivity contribution < 1.29 is 9.21 Å². The second-order valence-corrected chi connectivity index (χ2v) is 11.7. The van der Waals surface area contributed by atoms with E-state index in [4.69, 9.17) is 32.6 Å². The molecule has 2 aromatic carbocycles. The molecule has 8 heteroatoms. The first-order chi connectivity index (χ1) is 20.0. The van der Waals surface area contributed by atoms with Gasteiger partial charge in [-0.15, -0.1) is 0 Å². The summed E-state index contributed by atoms with van der Waals surface area (Å²) in [5.41, 5.74) is 4.77. The van der Waals surface area contributed by atoms with E-state index in [1.807, 2.05) is 12.1 Å². The molecule has 0 radical (unpaired) electrons. The van der Waals surface area contributed by atoms with Crippen LogP contribution in [0.25, 0.3) is 21.9 Å². The number of para-hydroxylation sites is 1. The summed E-state index contributed by atoms with van der Waals surface area (Å²) in [6, 6.07) is 12.0. The Morgan fingerprint density at radius 3 is 2.39 bits per heavy atom. The standard InChI is InChI=1S/C33H37Cl2N3O3/c34-22-19-25(35)31-27(20-22)38-26-15-9-7-13-23(26)32(31)36-17-11-5-3-1-2-4-6-12-18-37-33(40)30-21-28(39)24-14-8-10-16-29(24)41-30/h8,10,14,16,19-21H,1-7,9,11-13,15,17-18H2,(H,36,38)(H,37,40). The Balaban J connectivity index is 0.970. The smallest absolute Gasteiger partial charge is 0.287 e. The molecule has 216 valence electrons. The molecule has 0 atom stereocenters. The minimum absolute atomic E-state index is 0.0627. The van der Waals surface area contributed by atoms with Crippen LogP contribution in [0.1, 0.15) is 86.0 Å². The van der Waals surface area contributed by atoms with Gasteiger partial charge in [0.05, 0.1) is 21.6 Å². The van der Waals surface area contributed by atoms with Crippen molar-refractivity contribution in [3.05, 3.63) is 79.8 Å². The number of rotatable bonds is 13. The van der Waals surface area contributed by atoms with Crippen LogP contribution in [-0.4, -0.2) is 24.0 Å². The van der Waals surface area contributed by atoms with E-state index in [0.29, 0.717) is 27.6 Å². The first kappa shape index (κ1) is 29.4. The lowest BCUT2D eigenvalue weighted by atomic mass is 9.92. The van der Waals surface area contributed by atoms with Crippen LogP contribution < -0.4 is 16.1 Å². The number of aromatic nitrogens is 1. The Labute approximate surface area is 250 Å². The average molecular weight is 595 g/mol. The van der Waals surface area contributed by atoms with Crippen molar-refractivity contribution in [2.75, 3.05) is 18.4 Å². The Bertz CT molecular complexity index is 1580. The minimum Gasteiger partial charge on any atom is -0.451 e. The predicted octanol–water partition coefficient (Wildman–Crippen LogP) is 8.49. The molecular weight excluding hydrogens is 557 g/mol. The van der Waals surface area contributed by atoms with E-state index in [0.717, 1.165) is 61.7 Å². The summed E-state index contributed by atoms with van der Waals surface area (Å²) in [6.07, 6.45) is 13.5. The molecule has 0 spiro atoms. The van der Waals surface area contributed by atoms with Crippen LogP contribution >= 0.6 is 23.2 Å². The van der Waals surface area contributed by atoms with Crippen molar-refractivity contribution in [2.45, 2.75) is 77.0 Å². The molecule has 0 bridgehead atoms. The van der Waals surface area contributed by atoms with Gasteiger partial charge in [0, 0.05) is 35.3 Å². The van der Waals surface area contributed by atoms with Crippen LogP contribution in [0.3, 0.4) is 0 Å². The molecule has 4 aromatic rings. The zero-order valence-electron chi connectivity index (χ0n) is 23.4. The highest BCUT2D eigenvalue weighted by atomic mass is 35.5. The van der Waals surface area contributed by atoms with Crippen LogP contribution in [0, 0.1) is 0 Å². The highest BCUT2D eigenvalue weighted by Gasteiger charge is 2.20. The molecular formula is C33H37Cl2N3O3. The zero-order valence-corrected chi connectivity index (χ0v) is 24.9. The third-order valence-electron chi connectivity index (χ3n) is 7.83. The molecule has 0 fully saturated rings. The molecule has 0 saturated heterocycles. The number of anilines is 1. The van der Waals surface area contributed by atoms with Crippen LogP contribution in [0.4, 0.5) is 5.69 Å². The van der Waals surface area contributed by atoms with Crippen molar-refractivity contribution in [3.8, 4) is 0 Å². The van der Waals surface area contributed by atoms with E-state index in [-0.39, 0.29) is 17.1 Å². The van der Waals surface area contributed by atoms with Gasteiger partial charge in [0.2, 0.25) is 0 Å². The number of amides is 1. The maximum absolute atomic E-state index is 12.4. The van der Waals surface area contributed by atoms with Crippen LogP contribution in [0.15, 0.2) is 51.7 Å². The molecule has 41 heavy (non-hydrogen) atoms. The highest BCUT2D eigenvalue weighted by Crippen LogP contribution is 2.38. The van der Waals surface area contributed by atoms with E-state index >= 15 is 0 Å². The van der Waals surface area contributed by atoms with Crippen molar-refractivity contribution >= 4 is 56.7 Å². The Hall–Kier alpha value is -3.09. The summed E-state index contributed by atoms with van der Waals surface area (Å²) in [4.78, 5) is 29.5. The molecule has 2 N–H and O–H groups in total. The molecule has 6 nitrogen and oxygen atoms in total. The van der Waals surface area contributed by atoms with E-state index in [9.17, 15) is 9.59 Å². The fourth-order valence-electron chi connectivity index (χ4n) is 5.70. The molecule has 1 amide bonds. The Kier molecular flexibility index (Phi) is 10.2. The van der Waals surface area contributed by atoms with Gasteiger partial charge in [-0.05, 0) is 68.4 Å². The predicted molar refractivity (Wildman–Crippen MR) is 169 cm³/mol. The third-order valence-corrected chi connectivity index (χ3v) is 8.35. The highest BCUT2D eigenvalue weighted by molar-refractivity contribution is 6.39. The SMILES string of the molecule is O=C(NCCCCCCCCCCNc1c2c(nc3cc(Cl)cc(Cl)c13)CCCC2)c1cc(=O)c2ccccc2o1. The molecule has 1 aliphatic carbocycles. The Morgan fingerprint density at radius 2 is 1.59 bits per heavy atom. The molecule has 0 saturated carbocycles. The van der Waals surface area contributed by atoms with Crippen LogP contribution in [-0.2, 0) is 12.8 Å². The maximum atomic E-state index is 12.4. The number of pyridine rings is 1. The number of aryl methyl sites for hydroxylation is 1. The van der Waals surface area contributed by atoms with Crippen molar-refractivity contribution in [1.82, 2.24) is 10.3 Å². The number of halogens is 2. The molecule has 5 rings (SSSR count). The summed E-state index contributed by atoms with van der Waals surface area (Å²) in [5, 5.41) is 9.34. The lowest BCUT2D eigenvalue weighted by Crippen LogP contribution is -2.25. The number of carbonyl (C=O) groups excluding carboxylic acids is 1. The van der Waals surface area contributed by atoms with Crippen molar-refractivity contribution in [3.63, 3.8) is 0 Å². The fourth-order valence-corrected chi connectivity index (χ4v) is 6.28. The summed E-state index contributed by atoms with van der Waals surface area (Å²) in [7, 11) is 0. The van der Waals surface area contributed by atoms with Gasteiger partial charge in [0.15, 0.2) is 11.2 Å². The van der Waals surface area contributed by atoms with E-state index in [1.165, 1.54) is 55.8 Å². The van der Waals surface area contributed by atoms with Crippen molar-refractivity contribution in [2.24, 2.45) is 0 Å². The fraction of sp³-hybridized carbons (Fsp3) is 0.424. The van der Waals surface area contributed by atoms with Crippen LogP contribution in [0.2, 0.25) is 10.0 Å². The number of nitrogens with one attached hydrogen (secondary N) is 2. The third kappa shape index (κ3) is 7.41. The first-order valence-electron chi connectivity index (χ1n) is 14.9. The molecule has 2 aromatic heterocycles. The second kappa shape index (κ2) is 14.2. The summed E-state index contributed by atoms with van der Waals surface area (Å²) >= 11 is 12.9. The first-order valence-corrected chi connectivity index (χ1v) is 15.6. The van der Waals surface area contributed by atoms with Crippen LogP contribution in [0.5, 0.6) is 0 Å². The van der Waals surface area contributed by atoms with Gasteiger partial charge in [0.25, 0.3) is 5.91 Å². The van der Waals surface area contributed by atoms with E-state index < -0.39 is 0 Å². The number of carbonyl (C=O) groups is 1.